The zero-order valence-electron chi connectivity index (χ0n) is 19.1. The molecule has 4 rings (SSSR count). The van der Waals surface area contributed by atoms with Crippen molar-refractivity contribution in [3.63, 3.8) is 0 Å². The van der Waals surface area contributed by atoms with Crippen LogP contribution in [-0.4, -0.2) is 43.5 Å². The second kappa shape index (κ2) is 9.33. The Labute approximate surface area is 197 Å². The number of hydrogen-bond donors (Lipinski definition) is 0. The molecule has 0 aliphatic rings. The number of methoxy groups -OCH3 is 1. The molecule has 0 bridgehead atoms. The Bertz CT molecular complexity index is 1290. The number of carbonyl (C=O) groups is 1. The number of hydrogen-bond acceptors (Lipinski definition) is 6. The maximum absolute atomic E-state index is 12.0. The molecule has 0 saturated heterocycles. The Hall–Kier alpha value is -3.23. The number of fused-ring (bicyclic) bond motifs is 1. The van der Waals surface area contributed by atoms with Crippen LogP contribution in [0.25, 0.3) is 22.3 Å². The Morgan fingerprint density at radius 1 is 1.12 bits per heavy atom. The maximum Gasteiger partial charge on any atom is 0.337 e. The summed E-state index contributed by atoms with van der Waals surface area (Å²) in [7, 11) is 1.34. The van der Waals surface area contributed by atoms with Gasteiger partial charge in [-0.25, -0.2) is 9.48 Å². The summed E-state index contributed by atoms with van der Waals surface area (Å²) in [5.74, 6) is -0.441. The standard InChI is InChI=1S/C24H26ClN5O3/c1-5-29-22-12-16(10-11-20(22)26-28-29)21-13-18(15-33-24(2,3)23(31)32-4)27-30(21)14-17-8-6-7-9-19(17)25/h6-13H,5,14-15H2,1-4H3. The molecular weight excluding hydrogens is 442 g/mol. The lowest BCUT2D eigenvalue weighted by Crippen LogP contribution is -2.35. The van der Waals surface area contributed by atoms with Crippen molar-refractivity contribution in [2.75, 3.05) is 7.11 Å². The Balaban J connectivity index is 1.72. The number of halogens is 1. The smallest absolute Gasteiger partial charge is 0.337 e. The predicted molar refractivity (Wildman–Crippen MR) is 126 cm³/mol. The largest absolute Gasteiger partial charge is 0.467 e. The van der Waals surface area contributed by atoms with E-state index in [1.807, 2.05) is 58.8 Å². The molecule has 2 aromatic carbocycles. The number of rotatable bonds is 8. The second-order valence-corrected chi connectivity index (χ2v) is 8.58. The van der Waals surface area contributed by atoms with Crippen LogP contribution in [0.5, 0.6) is 0 Å². The normalized spacial score (nSPS) is 11.8. The number of carbonyl (C=O) groups excluding carboxylic acids is 1. The predicted octanol–water partition coefficient (Wildman–Crippen LogP) is 4.48. The van der Waals surface area contributed by atoms with Gasteiger partial charge < -0.3 is 9.47 Å². The van der Waals surface area contributed by atoms with Crippen LogP contribution in [0.4, 0.5) is 0 Å². The average molecular weight is 468 g/mol. The van der Waals surface area contributed by atoms with Crippen molar-refractivity contribution < 1.29 is 14.3 Å². The molecule has 0 radical (unpaired) electrons. The van der Waals surface area contributed by atoms with Gasteiger partial charge in [0.15, 0.2) is 5.60 Å². The summed E-state index contributed by atoms with van der Waals surface area (Å²) in [6.45, 7) is 6.74. The summed E-state index contributed by atoms with van der Waals surface area (Å²) in [4.78, 5) is 12.0. The van der Waals surface area contributed by atoms with Gasteiger partial charge in [-0.05, 0) is 50.6 Å². The minimum atomic E-state index is -1.08. The van der Waals surface area contributed by atoms with Gasteiger partial charge >= 0.3 is 5.97 Å². The van der Waals surface area contributed by atoms with Crippen molar-refractivity contribution in [2.45, 2.75) is 46.1 Å². The summed E-state index contributed by atoms with van der Waals surface area (Å²) in [5.41, 5.74) is 4.21. The van der Waals surface area contributed by atoms with Gasteiger partial charge in [0, 0.05) is 17.1 Å². The molecule has 0 atom stereocenters. The van der Waals surface area contributed by atoms with Crippen LogP contribution in [0.2, 0.25) is 5.02 Å². The van der Waals surface area contributed by atoms with E-state index in [1.54, 1.807) is 13.8 Å². The van der Waals surface area contributed by atoms with E-state index in [0.29, 0.717) is 17.3 Å². The first-order chi connectivity index (χ1) is 15.8. The third-order valence-electron chi connectivity index (χ3n) is 5.48. The first-order valence-electron chi connectivity index (χ1n) is 10.7. The fraction of sp³-hybridized carbons (Fsp3) is 0.333. The molecule has 0 saturated carbocycles. The molecule has 0 N–H and O–H groups in total. The van der Waals surface area contributed by atoms with E-state index in [1.165, 1.54) is 7.11 Å². The van der Waals surface area contributed by atoms with E-state index in [0.717, 1.165) is 34.4 Å². The van der Waals surface area contributed by atoms with Gasteiger partial charge in [0.1, 0.15) is 5.52 Å². The van der Waals surface area contributed by atoms with Crippen molar-refractivity contribution >= 4 is 28.6 Å². The minimum Gasteiger partial charge on any atom is -0.467 e. The molecule has 33 heavy (non-hydrogen) atoms. The monoisotopic (exact) mass is 467 g/mol. The molecule has 2 heterocycles. The molecular formula is C24H26ClN5O3. The molecule has 9 heteroatoms. The van der Waals surface area contributed by atoms with Gasteiger partial charge in [-0.2, -0.15) is 5.10 Å². The van der Waals surface area contributed by atoms with E-state index in [9.17, 15) is 4.79 Å². The summed E-state index contributed by atoms with van der Waals surface area (Å²) < 4.78 is 14.4. The van der Waals surface area contributed by atoms with Crippen LogP contribution in [0.1, 0.15) is 32.0 Å². The van der Waals surface area contributed by atoms with Crippen LogP contribution in [0.15, 0.2) is 48.5 Å². The lowest BCUT2D eigenvalue weighted by atomic mass is 10.1. The van der Waals surface area contributed by atoms with Crippen molar-refractivity contribution in [1.29, 1.82) is 0 Å². The van der Waals surface area contributed by atoms with Crippen LogP contribution in [0.3, 0.4) is 0 Å². The van der Waals surface area contributed by atoms with E-state index in [2.05, 4.69) is 16.4 Å². The van der Waals surface area contributed by atoms with E-state index in [-0.39, 0.29) is 6.61 Å². The van der Waals surface area contributed by atoms with Crippen LogP contribution < -0.4 is 0 Å². The topological polar surface area (TPSA) is 84.1 Å². The first-order valence-corrected chi connectivity index (χ1v) is 11.1. The molecule has 4 aromatic rings. The number of aromatic nitrogens is 5. The van der Waals surface area contributed by atoms with Crippen LogP contribution >= 0.6 is 11.6 Å². The zero-order valence-corrected chi connectivity index (χ0v) is 19.8. The van der Waals surface area contributed by atoms with E-state index in [4.69, 9.17) is 26.2 Å². The number of esters is 1. The lowest BCUT2D eigenvalue weighted by Gasteiger charge is -2.21. The fourth-order valence-electron chi connectivity index (χ4n) is 3.60. The third-order valence-corrected chi connectivity index (χ3v) is 5.84. The molecule has 172 valence electrons. The van der Waals surface area contributed by atoms with Crippen LogP contribution in [0, 0.1) is 0 Å². The Kier molecular flexibility index (Phi) is 6.49. The molecule has 0 aliphatic carbocycles. The molecule has 0 amide bonds. The molecule has 0 aliphatic heterocycles. The van der Waals surface area contributed by atoms with Gasteiger partial charge in [-0.3, -0.25) is 4.68 Å². The minimum absolute atomic E-state index is 0.154. The highest BCUT2D eigenvalue weighted by Crippen LogP contribution is 2.27. The van der Waals surface area contributed by atoms with Gasteiger partial charge in [0.05, 0.1) is 37.2 Å². The Morgan fingerprint density at radius 3 is 2.64 bits per heavy atom. The summed E-state index contributed by atoms with van der Waals surface area (Å²) in [6.07, 6.45) is 0. The molecule has 8 nitrogen and oxygen atoms in total. The van der Waals surface area contributed by atoms with Crippen molar-refractivity contribution in [1.82, 2.24) is 24.8 Å². The molecule has 0 fully saturated rings. The number of nitrogens with zero attached hydrogens (tertiary/aromatic N) is 5. The third kappa shape index (κ3) is 4.77. The van der Waals surface area contributed by atoms with Crippen molar-refractivity contribution in [3.8, 4) is 11.3 Å². The highest BCUT2D eigenvalue weighted by molar-refractivity contribution is 6.31. The number of aryl methyl sites for hydroxylation is 1. The molecule has 0 spiro atoms. The molecule has 0 unspecified atom stereocenters. The Morgan fingerprint density at radius 2 is 1.91 bits per heavy atom. The number of benzene rings is 2. The number of ether oxygens (including phenoxy) is 2. The SMILES string of the molecule is CCn1nnc2ccc(-c3cc(COC(C)(C)C(=O)OC)nn3Cc3ccccc3Cl)cc21. The summed E-state index contributed by atoms with van der Waals surface area (Å²) in [5, 5.41) is 13.9. The van der Waals surface area contributed by atoms with Gasteiger partial charge in [-0.1, -0.05) is 41.1 Å². The first kappa shape index (κ1) is 22.9. The van der Waals surface area contributed by atoms with E-state index < -0.39 is 11.6 Å². The lowest BCUT2D eigenvalue weighted by molar-refractivity contribution is -0.166. The average Bonchev–Trinajstić information content (AvgIpc) is 3.41. The zero-order chi connectivity index (χ0) is 23.6. The second-order valence-electron chi connectivity index (χ2n) is 8.17. The van der Waals surface area contributed by atoms with E-state index >= 15 is 0 Å². The van der Waals surface area contributed by atoms with Crippen molar-refractivity contribution in [2.24, 2.45) is 0 Å². The van der Waals surface area contributed by atoms with Crippen LogP contribution in [-0.2, 0) is 34.0 Å². The quantitative estimate of drug-likeness (QED) is 0.355. The van der Waals surface area contributed by atoms with Gasteiger partial charge in [0.25, 0.3) is 0 Å². The highest BCUT2D eigenvalue weighted by Gasteiger charge is 2.30. The fourth-order valence-corrected chi connectivity index (χ4v) is 3.79. The highest BCUT2D eigenvalue weighted by atomic mass is 35.5. The summed E-state index contributed by atoms with van der Waals surface area (Å²) in [6, 6.07) is 15.7. The molecule has 2 aromatic heterocycles. The summed E-state index contributed by atoms with van der Waals surface area (Å²) >= 11 is 6.42. The maximum atomic E-state index is 12.0. The van der Waals surface area contributed by atoms with Gasteiger partial charge in [0.2, 0.25) is 0 Å². The van der Waals surface area contributed by atoms with Gasteiger partial charge in [-0.15, -0.1) is 5.10 Å². The van der Waals surface area contributed by atoms with Crippen molar-refractivity contribution in [3.05, 3.63) is 64.8 Å².